The molecule has 2 heteroatoms. The van der Waals surface area contributed by atoms with Crippen molar-refractivity contribution in [3.63, 3.8) is 0 Å². The van der Waals surface area contributed by atoms with E-state index in [0.717, 1.165) is 21.5 Å². The highest BCUT2D eigenvalue weighted by Crippen LogP contribution is 2.25. The van der Waals surface area contributed by atoms with Crippen LogP contribution in [0.2, 0.25) is 0 Å². The fraction of sp³-hybridized carbons (Fsp3) is 0.0714. The van der Waals surface area contributed by atoms with Crippen molar-refractivity contribution in [1.29, 1.82) is 0 Å². The van der Waals surface area contributed by atoms with Gasteiger partial charge in [0.25, 0.3) is 5.56 Å². The average Bonchev–Trinajstić information content (AvgIpc) is 2.29. The Morgan fingerprint density at radius 1 is 1.06 bits per heavy atom. The highest BCUT2D eigenvalue weighted by atomic mass is 16.1. The lowest BCUT2D eigenvalue weighted by Gasteiger charge is -2.05. The zero-order valence-electron chi connectivity index (χ0n) is 8.95. The summed E-state index contributed by atoms with van der Waals surface area (Å²) in [6.45, 7) is 2.07. The summed E-state index contributed by atoms with van der Waals surface area (Å²) < 4.78 is 0. The molecule has 0 saturated heterocycles. The van der Waals surface area contributed by atoms with Gasteiger partial charge < -0.3 is 4.98 Å². The first kappa shape index (κ1) is 9.16. The van der Waals surface area contributed by atoms with Crippen molar-refractivity contribution in [2.45, 2.75) is 6.92 Å². The van der Waals surface area contributed by atoms with E-state index in [1.165, 1.54) is 5.56 Å². The molecule has 78 valence electrons. The van der Waals surface area contributed by atoms with Crippen molar-refractivity contribution in [2.75, 3.05) is 0 Å². The quantitative estimate of drug-likeness (QED) is 0.567. The number of aromatic amines is 1. The van der Waals surface area contributed by atoms with E-state index in [9.17, 15) is 4.79 Å². The number of nitrogens with one attached hydrogen (secondary N) is 1. The summed E-state index contributed by atoms with van der Waals surface area (Å²) in [4.78, 5) is 14.6. The van der Waals surface area contributed by atoms with Crippen LogP contribution in [0.25, 0.3) is 21.5 Å². The topological polar surface area (TPSA) is 32.9 Å². The average molecular weight is 209 g/mol. The van der Waals surface area contributed by atoms with Crippen LogP contribution in [0.15, 0.2) is 47.4 Å². The molecule has 3 rings (SSSR count). The van der Waals surface area contributed by atoms with E-state index in [2.05, 4.69) is 24.0 Å². The third kappa shape index (κ3) is 1.16. The first-order valence-electron chi connectivity index (χ1n) is 5.27. The summed E-state index contributed by atoms with van der Waals surface area (Å²) in [5, 5.41) is 3.95. The van der Waals surface area contributed by atoms with Crippen LogP contribution >= 0.6 is 0 Å². The number of benzene rings is 2. The smallest absolute Gasteiger partial charge is 0.256 e. The first-order valence-corrected chi connectivity index (χ1v) is 5.27. The predicted octanol–water partition coefficient (Wildman–Crippen LogP) is 2.99. The van der Waals surface area contributed by atoms with Crippen molar-refractivity contribution >= 4 is 21.5 Å². The Labute approximate surface area is 92.5 Å². The number of hydrogen-bond donors (Lipinski definition) is 1. The Balaban J connectivity index is 2.72. The largest absolute Gasteiger partial charge is 0.329 e. The van der Waals surface area contributed by atoms with Gasteiger partial charge in [-0.05, 0) is 34.7 Å². The summed E-state index contributed by atoms with van der Waals surface area (Å²) in [5.74, 6) is 0. The fourth-order valence-corrected chi connectivity index (χ4v) is 2.25. The lowest BCUT2D eigenvalue weighted by molar-refractivity contribution is 1.28. The van der Waals surface area contributed by atoms with Crippen LogP contribution in [0.1, 0.15) is 5.56 Å². The molecule has 0 unspecified atom stereocenters. The summed E-state index contributed by atoms with van der Waals surface area (Å²) in [5.41, 5.74) is 1.18. The van der Waals surface area contributed by atoms with Gasteiger partial charge in [0.05, 0.1) is 5.39 Å². The second-order valence-corrected chi connectivity index (χ2v) is 4.01. The molecule has 0 aliphatic rings. The molecule has 1 aromatic heterocycles. The monoisotopic (exact) mass is 209 g/mol. The maximum absolute atomic E-state index is 11.8. The normalized spacial score (nSPS) is 11.1. The standard InChI is InChI=1S/C14H11NO/c1-9-8-10-6-7-15-14(16)13(10)12-5-3-2-4-11(9)12/h2-8H,1H3,(H,15,16). The van der Waals surface area contributed by atoms with Crippen LogP contribution in [0.3, 0.4) is 0 Å². The SMILES string of the molecule is Cc1cc2cc[nH]c(=O)c2c2ccccc12. The Hall–Kier alpha value is -2.09. The molecule has 16 heavy (non-hydrogen) atoms. The molecule has 2 aromatic carbocycles. The molecule has 0 amide bonds. The number of aryl methyl sites for hydroxylation is 1. The molecule has 1 N–H and O–H groups in total. The molecule has 0 fully saturated rings. The Morgan fingerprint density at radius 2 is 1.81 bits per heavy atom. The molecule has 0 aliphatic heterocycles. The molecule has 0 radical (unpaired) electrons. The fourth-order valence-electron chi connectivity index (χ4n) is 2.25. The molecule has 3 aromatic rings. The van der Waals surface area contributed by atoms with E-state index in [4.69, 9.17) is 0 Å². The number of hydrogen-bond acceptors (Lipinski definition) is 1. The molecule has 0 atom stereocenters. The minimum atomic E-state index is -0.0197. The third-order valence-electron chi connectivity index (χ3n) is 2.99. The van der Waals surface area contributed by atoms with Gasteiger partial charge in [0.15, 0.2) is 0 Å². The Kier molecular flexibility index (Phi) is 1.83. The van der Waals surface area contributed by atoms with Gasteiger partial charge in [0.1, 0.15) is 0 Å². The van der Waals surface area contributed by atoms with Crippen LogP contribution in [-0.2, 0) is 0 Å². The van der Waals surface area contributed by atoms with Crippen LogP contribution in [-0.4, -0.2) is 4.98 Å². The van der Waals surface area contributed by atoms with E-state index < -0.39 is 0 Å². The van der Waals surface area contributed by atoms with Gasteiger partial charge in [-0.1, -0.05) is 30.3 Å². The predicted molar refractivity (Wildman–Crippen MR) is 66.8 cm³/mol. The molecular weight excluding hydrogens is 198 g/mol. The van der Waals surface area contributed by atoms with Crippen molar-refractivity contribution in [3.8, 4) is 0 Å². The van der Waals surface area contributed by atoms with E-state index in [1.807, 2.05) is 24.3 Å². The van der Waals surface area contributed by atoms with Gasteiger partial charge in [0.2, 0.25) is 0 Å². The van der Waals surface area contributed by atoms with Crippen LogP contribution in [0, 0.1) is 6.92 Å². The molecule has 1 heterocycles. The van der Waals surface area contributed by atoms with E-state index in [1.54, 1.807) is 6.20 Å². The zero-order valence-corrected chi connectivity index (χ0v) is 8.95. The minimum absolute atomic E-state index is 0.0197. The van der Waals surface area contributed by atoms with Crippen molar-refractivity contribution in [3.05, 3.63) is 58.5 Å². The van der Waals surface area contributed by atoms with Gasteiger partial charge in [-0.25, -0.2) is 0 Å². The second kappa shape index (κ2) is 3.20. The number of aromatic nitrogens is 1. The first-order chi connectivity index (χ1) is 7.77. The van der Waals surface area contributed by atoms with Gasteiger partial charge in [0, 0.05) is 6.20 Å². The maximum Gasteiger partial charge on any atom is 0.256 e. The number of H-pyrrole nitrogens is 1. The van der Waals surface area contributed by atoms with E-state index >= 15 is 0 Å². The highest BCUT2D eigenvalue weighted by Gasteiger charge is 2.05. The van der Waals surface area contributed by atoms with Gasteiger partial charge in [-0.15, -0.1) is 0 Å². The molecule has 0 aliphatic carbocycles. The Morgan fingerprint density at radius 3 is 2.62 bits per heavy atom. The molecule has 0 spiro atoms. The lowest BCUT2D eigenvalue weighted by Crippen LogP contribution is -2.05. The van der Waals surface area contributed by atoms with Crippen LogP contribution in [0.4, 0.5) is 0 Å². The number of pyridine rings is 1. The summed E-state index contributed by atoms with van der Waals surface area (Å²) >= 11 is 0. The number of fused-ring (bicyclic) bond motifs is 3. The Bertz CT molecular complexity index is 740. The summed E-state index contributed by atoms with van der Waals surface area (Å²) in [6, 6.07) is 12.0. The van der Waals surface area contributed by atoms with Crippen molar-refractivity contribution in [1.82, 2.24) is 4.98 Å². The van der Waals surface area contributed by atoms with Crippen molar-refractivity contribution in [2.24, 2.45) is 0 Å². The van der Waals surface area contributed by atoms with Gasteiger partial charge >= 0.3 is 0 Å². The highest BCUT2D eigenvalue weighted by molar-refractivity contribution is 6.08. The van der Waals surface area contributed by atoms with E-state index in [-0.39, 0.29) is 5.56 Å². The van der Waals surface area contributed by atoms with Crippen LogP contribution < -0.4 is 5.56 Å². The van der Waals surface area contributed by atoms with E-state index in [0.29, 0.717) is 0 Å². The molecule has 0 bridgehead atoms. The number of rotatable bonds is 0. The van der Waals surface area contributed by atoms with Crippen molar-refractivity contribution < 1.29 is 0 Å². The summed E-state index contributed by atoms with van der Waals surface area (Å²) in [6.07, 6.45) is 1.69. The van der Waals surface area contributed by atoms with Gasteiger partial charge in [-0.3, -0.25) is 4.79 Å². The van der Waals surface area contributed by atoms with Crippen LogP contribution in [0.5, 0.6) is 0 Å². The molecular formula is C14H11NO. The summed E-state index contributed by atoms with van der Waals surface area (Å²) in [7, 11) is 0. The van der Waals surface area contributed by atoms with Gasteiger partial charge in [-0.2, -0.15) is 0 Å². The zero-order chi connectivity index (χ0) is 11.1. The third-order valence-corrected chi connectivity index (χ3v) is 2.99. The molecule has 0 saturated carbocycles. The maximum atomic E-state index is 11.8. The molecule has 2 nitrogen and oxygen atoms in total. The second-order valence-electron chi connectivity index (χ2n) is 4.01. The lowest BCUT2D eigenvalue weighted by atomic mass is 9.99. The minimum Gasteiger partial charge on any atom is -0.329 e.